The molecule has 1 aromatic rings. The predicted molar refractivity (Wildman–Crippen MR) is 73.0 cm³/mol. The number of nitrogens with one attached hydrogen (secondary N) is 1. The number of hydrogen-bond donors (Lipinski definition) is 1. The average molecular weight is 237 g/mol. The van der Waals surface area contributed by atoms with Gasteiger partial charge in [0.15, 0.2) is 0 Å². The molecule has 0 spiro atoms. The van der Waals surface area contributed by atoms with Crippen molar-refractivity contribution in [2.24, 2.45) is 5.41 Å². The van der Waals surface area contributed by atoms with E-state index in [4.69, 9.17) is 0 Å². The van der Waals surface area contributed by atoms with Crippen molar-refractivity contribution in [1.82, 2.24) is 15.1 Å². The maximum atomic E-state index is 4.58. The SMILES string of the molecule is CCC(C)n1ccc(CNCC(C)(C)CC)n1. The van der Waals surface area contributed by atoms with Crippen molar-refractivity contribution >= 4 is 0 Å². The highest BCUT2D eigenvalue weighted by Crippen LogP contribution is 2.17. The lowest BCUT2D eigenvalue weighted by molar-refractivity contribution is 0.326. The first kappa shape index (κ1) is 14.2. The van der Waals surface area contributed by atoms with Gasteiger partial charge in [0.05, 0.1) is 5.69 Å². The molecule has 0 aromatic carbocycles. The topological polar surface area (TPSA) is 29.9 Å². The molecule has 3 nitrogen and oxygen atoms in total. The third kappa shape index (κ3) is 4.50. The van der Waals surface area contributed by atoms with Gasteiger partial charge < -0.3 is 5.32 Å². The molecule has 1 rings (SSSR count). The summed E-state index contributed by atoms with van der Waals surface area (Å²) in [6, 6.07) is 2.61. The van der Waals surface area contributed by atoms with E-state index in [-0.39, 0.29) is 0 Å². The van der Waals surface area contributed by atoms with Gasteiger partial charge in [-0.05, 0) is 31.2 Å². The van der Waals surface area contributed by atoms with Crippen LogP contribution in [0.3, 0.4) is 0 Å². The maximum Gasteiger partial charge on any atom is 0.0762 e. The van der Waals surface area contributed by atoms with Crippen LogP contribution in [-0.4, -0.2) is 16.3 Å². The first-order valence-electron chi connectivity index (χ1n) is 6.73. The smallest absolute Gasteiger partial charge is 0.0762 e. The summed E-state index contributed by atoms with van der Waals surface area (Å²) in [5, 5.41) is 8.07. The molecule has 1 N–H and O–H groups in total. The van der Waals surface area contributed by atoms with Gasteiger partial charge in [-0.25, -0.2) is 0 Å². The van der Waals surface area contributed by atoms with Crippen molar-refractivity contribution in [2.75, 3.05) is 6.54 Å². The highest BCUT2D eigenvalue weighted by Gasteiger charge is 2.14. The molecule has 0 aliphatic carbocycles. The fourth-order valence-corrected chi connectivity index (χ4v) is 1.56. The molecule has 1 heterocycles. The van der Waals surface area contributed by atoms with Gasteiger partial charge in [-0.3, -0.25) is 4.68 Å². The summed E-state index contributed by atoms with van der Waals surface area (Å²) < 4.78 is 2.06. The monoisotopic (exact) mass is 237 g/mol. The summed E-state index contributed by atoms with van der Waals surface area (Å²) in [5.74, 6) is 0. The van der Waals surface area contributed by atoms with Crippen LogP contribution in [0, 0.1) is 5.41 Å². The zero-order valence-electron chi connectivity index (χ0n) is 12.0. The molecule has 0 aliphatic heterocycles. The second-order valence-corrected chi connectivity index (χ2v) is 5.67. The number of nitrogens with zero attached hydrogens (tertiary/aromatic N) is 2. The summed E-state index contributed by atoms with van der Waals surface area (Å²) in [6.45, 7) is 13.1. The van der Waals surface area contributed by atoms with Crippen LogP contribution in [0.1, 0.15) is 59.2 Å². The van der Waals surface area contributed by atoms with E-state index in [1.807, 2.05) is 0 Å². The Bertz CT molecular complexity index is 328. The lowest BCUT2D eigenvalue weighted by Gasteiger charge is -2.22. The first-order valence-corrected chi connectivity index (χ1v) is 6.73. The van der Waals surface area contributed by atoms with E-state index in [0.717, 1.165) is 25.2 Å². The zero-order chi connectivity index (χ0) is 12.9. The Morgan fingerprint density at radius 2 is 2.12 bits per heavy atom. The second-order valence-electron chi connectivity index (χ2n) is 5.67. The molecule has 1 aromatic heterocycles. The van der Waals surface area contributed by atoms with E-state index < -0.39 is 0 Å². The zero-order valence-corrected chi connectivity index (χ0v) is 12.0. The third-order valence-electron chi connectivity index (χ3n) is 3.57. The van der Waals surface area contributed by atoms with Crippen molar-refractivity contribution < 1.29 is 0 Å². The lowest BCUT2D eigenvalue weighted by Crippen LogP contribution is -2.28. The Balaban J connectivity index is 2.40. The van der Waals surface area contributed by atoms with Gasteiger partial charge in [0, 0.05) is 25.3 Å². The molecule has 1 atom stereocenters. The summed E-state index contributed by atoms with van der Waals surface area (Å²) >= 11 is 0. The Morgan fingerprint density at radius 1 is 1.41 bits per heavy atom. The molecule has 0 bridgehead atoms. The summed E-state index contributed by atoms with van der Waals surface area (Å²) in [6.07, 6.45) is 4.40. The minimum absolute atomic E-state index is 0.374. The van der Waals surface area contributed by atoms with E-state index in [2.05, 4.69) is 62.0 Å². The Labute approximate surface area is 106 Å². The van der Waals surface area contributed by atoms with E-state index >= 15 is 0 Å². The van der Waals surface area contributed by atoms with Crippen molar-refractivity contribution in [3.05, 3.63) is 18.0 Å². The Kier molecular flexibility index (Phi) is 5.19. The molecule has 1 unspecified atom stereocenters. The largest absolute Gasteiger partial charge is 0.311 e. The number of aromatic nitrogens is 2. The van der Waals surface area contributed by atoms with Gasteiger partial charge in [-0.1, -0.05) is 27.7 Å². The Morgan fingerprint density at radius 3 is 2.71 bits per heavy atom. The van der Waals surface area contributed by atoms with Crippen molar-refractivity contribution in [2.45, 2.75) is 60.0 Å². The van der Waals surface area contributed by atoms with E-state index in [1.165, 1.54) is 6.42 Å². The Hall–Kier alpha value is -0.830. The van der Waals surface area contributed by atoms with Crippen molar-refractivity contribution in [3.63, 3.8) is 0 Å². The molecule has 0 saturated carbocycles. The van der Waals surface area contributed by atoms with Crippen LogP contribution in [0.5, 0.6) is 0 Å². The molecule has 0 saturated heterocycles. The van der Waals surface area contributed by atoms with Crippen LogP contribution in [-0.2, 0) is 6.54 Å². The molecule has 0 aliphatic rings. The molecule has 17 heavy (non-hydrogen) atoms. The van der Waals surface area contributed by atoms with Gasteiger partial charge in [-0.15, -0.1) is 0 Å². The standard InChI is InChI=1S/C14H27N3/c1-6-12(3)17-9-8-13(16-17)10-15-11-14(4,5)7-2/h8-9,12,15H,6-7,10-11H2,1-5H3. The fourth-order valence-electron chi connectivity index (χ4n) is 1.56. The fraction of sp³-hybridized carbons (Fsp3) is 0.786. The van der Waals surface area contributed by atoms with Gasteiger partial charge >= 0.3 is 0 Å². The maximum absolute atomic E-state index is 4.58. The average Bonchev–Trinajstić information content (AvgIpc) is 2.76. The van der Waals surface area contributed by atoms with E-state index in [0.29, 0.717) is 11.5 Å². The molecule has 3 heteroatoms. The predicted octanol–water partition coefficient (Wildman–Crippen LogP) is 3.38. The van der Waals surface area contributed by atoms with Crippen LogP contribution in [0.4, 0.5) is 0 Å². The van der Waals surface area contributed by atoms with Gasteiger partial charge in [0.1, 0.15) is 0 Å². The van der Waals surface area contributed by atoms with Crippen LogP contribution >= 0.6 is 0 Å². The summed E-state index contributed by atoms with van der Waals surface area (Å²) in [5.41, 5.74) is 1.51. The third-order valence-corrected chi connectivity index (χ3v) is 3.57. The van der Waals surface area contributed by atoms with E-state index in [9.17, 15) is 0 Å². The van der Waals surface area contributed by atoms with Gasteiger partial charge in [0.25, 0.3) is 0 Å². The molecule has 0 fully saturated rings. The van der Waals surface area contributed by atoms with Crippen LogP contribution in [0.25, 0.3) is 0 Å². The molecule has 98 valence electrons. The number of hydrogen-bond acceptors (Lipinski definition) is 2. The van der Waals surface area contributed by atoms with Crippen LogP contribution in [0.2, 0.25) is 0 Å². The summed E-state index contributed by atoms with van der Waals surface area (Å²) in [7, 11) is 0. The van der Waals surface area contributed by atoms with Gasteiger partial charge in [0.2, 0.25) is 0 Å². The molecule has 0 amide bonds. The van der Waals surface area contributed by atoms with Crippen LogP contribution in [0.15, 0.2) is 12.3 Å². The van der Waals surface area contributed by atoms with Crippen LogP contribution < -0.4 is 5.32 Å². The van der Waals surface area contributed by atoms with Gasteiger partial charge in [-0.2, -0.15) is 5.10 Å². The number of rotatable bonds is 7. The second kappa shape index (κ2) is 6.20. The highest BCUT2D eigenvalue weighted by molar-refractivity contribution is 4.99. The minimum atomic E-state index is 0.374. The van der Waals surface area contributed by atoms with Crippen molar-refractivity contribution in [3.8, 4) is 0 Å². The molecule has 0 radical (unpaired) electrons. The first-order chi connectivity index (χ1) is 7.98. The quantitative estimate of drug-likeness (QED) is 0.788. The molecular formula is C14H27N3. The lowest BCUT2D eigenvalue weighted by atomic mass is 9.90. The normalized spacial score (nSPS) is 13.9. The minimum Gasteiger partial charge on any atom is -0.311 e. The summed E-state index contributed by atoms with van der Waals surface area (Å²) in [4.78, 5) is 0. The van der Waals surface area contributed by atoms with Crippen molar-refractivity contribution in [1.29, 1.82) is 0 Å². The molecular weight excluding hydrogens is 210 g/mol. The van der Waals surface area contributed by atoms with E-state index in [1.54, 1.807) is 0 Å². The highest BCUT2D eigenvalue weighted by atomic mass is 15.3.